The summed E-state index contributed by atoms with van der Waals surface area (Å²) in [4.78, 5) is 19.0. The summed E-state index contributed by atoms with van der Waals surface area (Å²) in [5, 5.41) is 3.61. The summed E-state index contributed by atoms with van der Waals surface area (Å²) < 4.78 is 0. The Labute approximate surface area is 128 Å². The second-order valence-electron chi connectivity index (χ2n) is 4.95. The zero-order valence-electron chi connectivity index (χ0n) is 12.5. The normalized spacial score (nSPS) is 10.4. The predicted molar refractivity (Wildman–Crippen MR) is 89.2 cm³/mol. The van der Waals surface area contributed by atoms with Gasteiger partial charge in [0, 0.05) is 19.3 Å². The van der Waals surface area contributed by atoms with E-state index in [0.29, 0.717) is 4.88 Å². The number of aromatic nitrogens is 1. The summed E-state index contributed by atoms with van der Waals surface area (Å²) in [6.07, 6.45) is 1.01. The number of hydrogen-bond donors (Lipinski definition) is 2. The van der Waals surface area contributed by atoms with E-state index in [9.17, 15) is 4.79 Å². The quantitative estimate of drug-likeness (QED) is 0.890. The standard InChI is InChI=1S/C15H20N4OS/c1-4-9-19(3)15-18-13(16)12(21-15)14(20)17-11-7-5-10(2)6-8-11/h5-8H,4,9,16H2,1-3H3,(H,17,20). The van der Waals surface area contributed by atoms with Crippen LogP contribution in [0.2, 0.25) is 0 Å². The fourth-order valence-corrected chi connectivity index (χ4v) is 2.77. The molecule has 1 amide bonds. The number of aryl methyl sites for hydroxylation is 1. The topological polar surface area (TPSA) is 71.2 Å². The molecule has 0 atom stereocenters. The number of amides is 1. The van der Waals surface area contributed by atoms with E-state index in [2.05, 4.69) is 17.2 Å². The van der Waals surface area contributed by atoms with Crippen molar-refractivity contribution < 1.29 is 4.79 Å². The van der Waals surface area contributed by atoms with Crippen LogP contribution in [0, 0.1) is 6.92 Å². The zero-order chi connectivity index (χ0) is 15.4. The van der Waals surface area contributed by atoms with Crippen molar-refractivity contribution in [3.05, 3.63) is 34.7 Å². The zero-order valence-corrected chi connectivity index (χ0v) is 13.3. The fraction of sp³-hybridized carbons (Fsp3) is 0.333. The lowest BCUT2D eigenvalue weighted by Gasteiger charge is -2.13. The van der Waals surface area contributed by atoms with Gasteiger partial charge >= 0.3 is 0 Å². The average molecular weight is 304 g/mol. The molecule has 1 aromatic carbocycles. The highest BCUT2D eigenvalue weighted by Gasteiger charge is 2.18. The molecular weight excluding hydrogens is 284 g/mol. The number of carbonyl (C=O) groups is 1. The number of anilines is 3. The number of rotatable bonds is 5. The van der Waals surface area contributed by atoms with E-state index in [0.717, 1.165) is 29.3 Å². The molecule has 0 radical (unpaired) electrons. The molecule has 3 N–H and O–H groups in total. The maximum Gasteiger partial charge on any atom is 0.269 e. The smallest absolute Gasteiger partial charge is 0.269 e. The summed E-state index contributed by atoms with van der Waals surface area (Å²) in [6, 6.07) is 7.64. The molecular formula is C15H20N4OS. The van der Waals surface area contributed by atoms with Crippen LogP contribution in [0.25, 0.3) is 0 Å². The van der Waals surface area contributed by atoms with Crippen LogP contribution < -0.4 is 16.0 Å². The minimum Gasteiger partial charge on any atom is -0.382 e. The van der Waals surface area contributed by atoms with Crippen LogP contribution in [0.4, 0.5) is 16.6 Å². The molecule has 1 heterocycles. The van der Waals surface area contributed by atoms with Crippen molar-refractivity contribution in [1.82, 2.24) is 4.98 Å². The summed E-state index contributed by atoms with van der Waals surface area (Å²) in [6.45, 7) is 4.98. The van der Waals surface area contributed by atoms with Crippen molar-refractivity contribution in [3.8, 4) is 0 Å². The van der Waals surface area contributed by atoms with E-state index in [1.165, 1.54) is 11.3 Å². The molecule has 6 heteroatoms. The van der Waals surface area contributed by atoms with Crippen LogP contribution in [0.5, 0.6) is 0 Å². The van der Waals surface area contributed by atoms with Gasteiger partial charge in [-0.05, 0) is 25.5 Å². The van der Waals surface area contributed by atoms with E-state index in [1.54, 1.807) is 0 Å². The second-order valence-corrected chi connectivity index (χ2v) is 5.93. The van der Waals surface area contributed by atoms with Crippen molar-refractivity contribution >= 4 is 33.9 Å². The number of benzene rings is 1. The SMILES string of the molecule is CCCN(C)c1nc(N)c(C(=O)Nc2ccc(C)cc2)s1. The Kier molecular flexibility index (Phi) is 4.80. The van der Waals surface area contributed by atoms with Crippen LogP contribution in [0.15, 0.2) is 24.3 Å². The highest BCUT2D eigenvalue weighted by Crippen LogP contribution is 2.28. The van der Waals surface area contributed by atoms with Crippen molar-refractivity contribution in [3.63, 3.8) is 0 Å². The van der Waals surface area contributed by atoms with Crippen LogP contribution >= 0.6 is 11.3 Å². The summed E-state index contributed by atoms with van der Waals surface area (Å²) in [7, 11) is 1.95. The lowest BCUT2D eigenvalue weighted by atomic mass is 10.2. The first kappa shape index (κ1) is 15.3. The van der Waals surface area contributed by atoms with Gasteiger partial charge in [0.25, 0.3) is 5.91 Å². The first-order valence-electron chi connectivity index (χ1n) is 6.86. The molecule has 0 fully saturated rings. The van der Waals surface area contributed by atoms with Crippen molar-refractivity contribution in [2.24, 2.45) is 0 Å². The molecule has 2 rings (SSSR count). The molecule has 0 unspecified atom stereocenters. The Morgan fingerprint density at radius 3 is 2.67 bits per heavy atom. The maximum atomic E-state index is 12.3. The first-order chi connectivity index (χ1) is 10.0. The third-order valence-electron chi connectivity index (χ3n) is 3.04. The van der Waals surface area contributed by atoms with Crippen LogP contribution in [-0.4, -0.2) is 24.5 Å². The van der Waals surface area contributed by atoms with Gasteiger partial charge in [-0.3, -0.25) is 4.79 Å². The summed E-state index contributed by atoms with van der Waals surface area (Å²) >= 11 is 1.32. The largest absolute Gasteiger partial charge is 0.382 e. The van der Waals surface area contributed by atoms with Crippen molar-refractivity contribution in [2.45, 2.75) is 20.3 Å². The van der Waals surface area contributed by atoms with Gasteiger partial charge in [0.15, 0.2) is 5.13 Å². The number of thiazole rings is 1. The van der Waals surface area contributed by atoms with E-state index >= 15 is 0 Å². The van der Waals surface area contributed by atoms with Crippen molar-refractivity contribution in [2.75, 3.05) is 29.5 Å². The molecule has 0 saturated heterocycles. The molecule has 0 spiro atoms. The molecule has 0 aliphatic heterocycles. The molecule has 112 valence electrons. The Balaban J connectivity index is 2.14. The van der Waals surface area contributed by atoms with Gasteiger partial charge in [0.2, 0.25) is 0 Å². The number of carbonyl (C=O) groups excluding carboxylic acids is 1. The summed E-state index contributed by atoms with van der Waals surface area (Å²) in [5.41, 5.74) is 7.76. The highest BCUT2D eigenvalue weighted by molar-refractivity contribution is 7.18. The third-order valence-corrected chi connectivity index (χ3v) is 4.23. The molecule has 2 aromatic rings. The van der Waals surface area contributed by atoms with Crippen molar-refractivity contribution in [1.29, 1.82) is 0 Å². The van der Waals surface area contributed by atoms with Gasteiger partial charge in [-0.15, -0.1) is 0 Å². The lowest BCUT2D eigenvalue weighted by molar-refractivity contribution is 0.103. The highest BCUT2D eigenvalue weighted by atomic mass is 32.1. The molecule has 21 heavy (non-hydrogen) atoms. The fourth-order valence-electron chi connectivity index (χ4n) is 1.90. The molecule has 0 aliphatic rings. The number of nitrogens with one attached hydrogen (secondary N) is 1. The molecule has 0 bridgehead atoms. The van der Waals surface area contributed by atoms with E-state index in [1.807, 2.05) is 43.1 Å². The third kappa shape index (κ3) is 3.72. The predicted octanol–water partition coefficient (Wildman–Crippen LogP) is 3.13. The lowest BCUT2D eigenvalue weighted by Crippen LogP contribution is -2.17. The van der Waals surface area contributed by atoms with Crippen LogP contribution in [0.3, 0.4) is 0 Å². The van der Waals surface area contributed by atoms with Gasteiger partial charge < -0.3 is 16.0 Å². The Bertz CT molecular complexity index is 621. The van der Waals surface area contributed by atoms with E-state index in [4.69, 9.17) is 5.73 Å². The number of nitrogens with two attached hydrogens (primary N) is 1. The number of hydrogen-bond acceptors (Lipinski definition) is 5. The Morgan fingerprint density at radius 2 is 2.05 bits per heavy atom. The molecule has 0 saturated carbocycles. The van der Waals surface area contributed by atoms with E-state index in [-0.39, 0.29) is 11.7 Å². The molecule has 5 nitrogen and oxygen atoms in total. The van der Waals surface area contributed by atoms with Gasteiger partial charge in [0.05, 0.1) is 0 Å². The first-order valence-corrected chi connectivity index (χ1v) is 7.68. The Morgan fingerprint density at radius 1 is 1.38 bits per heavy atom. The average Bonchev–Trinajstić information content (AvgIpc) is 2.84. The Hall–Kier alpha value is -2.08. The van der Waals surface area contributed by atoms with E-state index < -0.39 is 0 Å². The molecule has 0 aliphatic carbocycles. The monoisotopic (exact) mass is 304 g/mol. The maximum absolute atomic E-state index is 12.3. The minimum absolute atomic E-state index is 0.218. The van der Waals surface area contributed by atoms with Crippen LogP contribution in [0.1, 0.15) is 28.6 Å². The van der Waals surface area contributed by atoms with Crippen LogP contribution in [-0.2, 0) is 0 Å². The van der Waals surface area contributed by atoms with Gasteiger partial charge in [0.1, 0.15) is 10.7 Å². The van der Waals surface area contributed by atoms with Gasteiger partial charge in [-0.1, -0.05) is 36.0 Å². The minimum atomic E-state index is -0.218. The molecule has 1 aromatic heterocycles. The second kappa shape index (κ2) is 6.58. The van der Waals surface area contributed by atoms with Gasteiger partial charge in [-0.25, -0.2) is 4.98 Å². The number of nitrogen functional groups attached to an aromatic ring is 1. The number of nitrogens with zero attached hydrogens (tertiary/aromatic N) is 2. The summed E-state index contributed by atoms with van der Waals surface area (Å²) in [5.74, 6) is 0.0626. The van der Waals surface area contributed by atoms with Gasteiger partial charge in [-0.2, -0.15) is 0 Å².